The van der Waals surface area contributed by atoms with Crippen LogP contribution in [0.25, 0.3) is 0 Å². The van der Waals surface area contributed by atoms with Crippen molar-refractivity contribution in [2.45, 2.75) is 75.7 Å². The molecule has 0 fully saturated rings. The Kier molecular flexibility index (Phi) is 14.8. The Bertz CT molecular complexity index is 1390. The van der Waals surface area contributed by atoms with Crippen LogP contribution in [0.4, 0.5) is 26.3 Å². The summed E-state index contributed by atoms with van der Waals surface area (Å²) >= 11 is -7.54. The van der Waals surface area contributed by atoms with E-state index in [2.05, 4.69) is 21.8 Å². The van der Waals surface area contributed by atoms with Crippen LogP contribution in [0.1, 0.15) is 64.7 Å². The van der Waals surface area contributed by atoms with Crippen molar-refractivity contribution in [3.63, 3.8) is 0 Å². The van der Waals surface area contributed by atoms with Crippen LogP contribution in [0.2, 0.25) is 0 Å². The van der Waals surface area contributed by atoms with Crippen molar-refractivity contribution in [1.82, 2.24) is 0 Å². The topological polar surface area (TPSA) is 86.7 Å². The number of hydrogen-bond donors (Lipinski definition) is 0. The van der Waals surface area contributed by atoms with Crippen LogP contribution >= 0.6 is 40.5 Å². The summed E-state index contributed by atoms with van der Waals surface area (Å²) in [7, 11) is -11.9. The number of rotatable bonds is 15. The van der Waals surface area contributed by atoms with Gasteiger partial charge < -0.3 is 0 Å². The first kappa shape index (κ1) is 37.0. The van der Waals surface area contributed by atoms with Gasteiger partial charge in [0.25, 0.3) is 0 Å². The molecule has 0 heterocycles. The molecule has 6 nitrogen and oxygen atoms in total. The molecule has 0 aliphatic rings. The van der Waals surface area contributed by atoms with Gasteiger partial charge >= 0.3 is 260 Å². The van der Waals surface area contributed by atoms with Gasteiger partial charge in [-0.1, -0.05) is 0 Å². The summed E-state index contributed by atoms with van der Waals surface area (Å²) in [6.07, 6.45) is 8.49. The molecule has 0 saturated carbocycles. The monoisotopic (exact) mass is 870 g/mol. The molecule has 0 saturated heterocycles. The average molecular weight is 870 g/mol. The summed E-state index contributed by atoms with van der Waals surface area (Å²) < 4.78 is 138. The molecular weight excluding hydrogens is 840 g/mol. The molecule has 2 aromatic rings. The SMILES string of the molecule is CCCCCCCCCCC#CI(OS(=O)(=O)C(F)(F)F)c1ccc(I(OS(=O)(=O)C(F)(F)F)c2ccccc2)cc1. The minimum absolute atomic E-state index is 0.0294. The fourth-order valence-corrected chi connectivity index (χ4v) is 14.9. The maximum absolute atomic E-state index is 13.1. The summed E-state index contributed by atoms with van der Waals surface area (Å²) in [6, 6.07) is 12.1. The molecule has 2 rings (SSSR count). The van der Waals surface area contributed by atoms with E-state index in [9.17, 15) is 43.2 Å². The molecule has 0 aliphatic heterocycles. The standard InChI is InChI=1S/C26H30F6I2O6S2/c1-2-3-4-5-6-7-8-9-10-14-21-33(39-41(35,36)25(27,28)29)22-17-19-24(20-18-22)34(23-15-12-11-13-16-23)40-42(37,38)26(30,31)32/h11-13,15-20H,2-10H2,1H3. The van der Waals surface area contributed by atoms with E-state index in [0.29, 0.717) is 12.8 Å². The zero-order chi connectivity index (χ0) is 31.4. The third kappa shape index (κ3) is 11.7. The summed E-state index contributed by atoms with van der Waals surface area (Å²) in [5, 5.41) is 0. The van der Waals surface area contributed by atoms with Gasteiger partial charge in [0.1, 0.15) is 0 Å². The van der Waals surface area contributed by atoms with Crippen LogP contribution in [0, 0.1) is 20.6 Å². The van der Waals surface area contributed by atoms with Gasteiger partial charge in [0.15, 0.2) is 0 Å². The van der Waals surface area contributed by atoms with Crippen molar-refractivity contribution >= 4 is 60.7 Å². The first-order valence-electron chi connectivity index (χ1n) is 12.6. The molecule has 0 amide bonds. The van der Waals surface area contributed by atoms with Gasteiger partial charge in [0, 0.05) is 0 Å². The number of unbranched alkanes of at least 4 members (excludes halogenated alkanes) is 8. The zero-order valence-electron chi connectivity index (χ0n) is 22.3. The van der Waals surface area contributed by atoms with Gasteiger partial charge in [0.2, 0.25) is 0 Å². The summed E-state index contributed by atoms with van der Waals surface area (Å²) in [4.78, 5) is 0. The predicted molar refractivity (Wildman–Crippen MR) is 164 cm³/mol. The average Bonchev–Trinajstić information content (AvgIpc) is 2.91. The van der Waals surface area contributed by atoms with Crippen molar-refractivity contribution in [2.24, 2.45) is 0 Å². The van der Waals surface area contributed by atoms with Crippen LogP contribution in [0.3, 0.4) is 0 Å². The van der Waals surface area contributed by atoms with Crippen molar-refractivity contribution < 1.29 is 48.2 Å². The molecule has 0 radical (unpaired) electrons. The fourth-order valence-electron chi connectivity index (χ4n) is 3.19. The van der Waals surface area contributed by atoms with E-state index in [1.807, 2.05) is 0 Å². The van der Waals surface area contributed by atoms with E-state index in [1.54, 1.807) is 6.07 Å². The molecule has 0 N–H and O–H groups in total. The number of hydrogen-bond acceptors (Lipinski definition) is 6. The Morgan fingerprint density at radius 1 is 0.643 bits per heavy atom. The fraction of sp³-hybridized carbons (Fsp3) is 0.462. The Morgan fingerprint density at radius 2 is 1.10 bits per heavy atom. The second-order valence-corrected chi connectivity index (χ2v) is 20.9. The predicted octanol–water partition coefficient (Wildman–Crippen LogP) is 8.96. The van der Waals surface area contributed by atoms with Crippen LogP contribution < -0.4 is 0 Å². The van der Waals surface area contributed by atoms with Crippen molar-refractivity contribution in [1.29, 1.82) is 0 Å². The van der Waals surface area contributed by atoms with Gasteiger partial charge in [-0.05, 0) is 0 Å². The summed E-state index contributed by atoms with van der Waals surface area (Å²) in [5.74, 6) is 2.72. The molecule has 0 unspecified atom stereocenters. The van der Waals surface area contributed by atoms with E-state index >= 15 is 0 Å². The summed E-state index contributed by atoms with van der Waals surface area (Å²) in [6.45, 7) is 2.12. The molecule has 42 heavy (non-hydrogen) atoms. The number of benzene rings is 2. The van der Waals surface area contributed by atoms with Gasteiger partial charge in [-0.3, -0.25) is 0 Å². The molecule has 0 bridgehead atoms. The molecular formula is C26H30F6I2O6S2. The van der Waals surface area contributed by atoms with Crippen molar-refractivity contribution in [2.75, 3.05) is 0 Å². The van der Waals surface area contributed by atoms with E-state index in [0.717, 1.165) is 38.5 Å². The third-order valence-electron chi connectivity index (χ3n) is 5.30. The van der Waals surface area contributed by atoms with Crippen LogP contribution in [-0.4, -0.2) is 27.9 Å². The Morgan fingerprint density at radius 3 is 1.62 bits per heavy atom. The van der Waals surface area contributed by atoms with Crippen LogP contribution in [0.5, 0.6) is 0 Å². The zero-order valence-corrected chi connectivity index (χ0v) is 28.3. The first-order valence-corrected chi connectivity index (χ1v) is 21.5. The van der Waals surface area contributed by atoms with Gasteiger partial charge in [0.05, 0.1) is 0 Å². The van der Waals surface area contributed by atoms with E-state index in [4.69, 9.17) is 0 Å². The number of halogens is 8. The normalized spacial score (nSPS) is 13.3. The van der Waals surface area contributed by atoms with Gasteiger partial charge in [-0.15, -0.1) is 0 Å². The molecule has 0 atom stereocenters. The second kappa shape index (κ2) is 16.8. The molecule has 0 aromatic heterocycles. The van der Waals surface area contributed by atoms with E-state index in [1.165, 1.54) is 55.0 Å². The molecule has 2 aromatic carbocycles. The molecule has 0 spiro atoms. The van der Waals surface area contributed by atoms with Crippen molar-refractivity contribution in [3.8, 4) is 9.85 Å². The van der Waals surface area contributed by atoms with Crippen molar-refractivity contribution in [3.05, 3.63) is 65.3 Å². The molecule has 238 valence electrons. The Labute approximate surface area is 258 Å². The van der Waals surface area contributed by atoms with Gasteiger partial charge in [-0.2, -0.15) is 0 Å². The van der Waals surface area contributed by atoms with E-state index < -0.39 is 71.7 Å². The summed E-state index contributed by atoms with van der Waals surface area (Å²) in [5.41, 5.74) is -11.3. The Hall–Kier alpha value is -1.14. The molecule has 16 heteroatoms. The van der Waals surface area contributed by atoms with Crippen LogP contribution in [0.15, 0.2) is 54.6 Å². The van der Waals surface area contributed by atoms with Crippen LogP contribution in [-0.2, 0) is 25.3 Å². The minimum atomic E-state index is -5.97. The van der Waals surface area contributed by atoms with Gasteiger partial charge in [-0.25, -0.2) is 0 Å². The quantitative estimate of drug-likeness (QED) is 0.0585. The maximum atomic E-state index is 13.1. The third-order valence-corrected chi connectivity index (χ3v) is 18.4. The number of alkyl halides is 6. The Balaban J connectivity index is 2.28. The van der Waals surface area contributed by atoms with E-state index in [-0.39, 0.29) is 10.7 Å². The second-order valence-electron chi connectivity index (χ2n) is 8.65. The first-order chi connectivity index (χ1) is 19.6. The molecule has 0 aliphatic carbocycles.